The standard InChI is InChI=1S/C26H27FN4O7/c1-26(2,13-32)30-23(34)17-12-31-20-19(21(33)18(25(31)36)24(35)28-8-9-37-3)29-11-15(22(20)38-17)10-14-4-6-16(27)7-5-14/h4-7,11-12,32-33H,8-10,13H2,1-3H3,(H,28,35)(H,30,34). The smallest absolute Gasteiger partial charge is 0.289 e. The monoisotopic (exact) mass is 526 g/mol. The number of hydrogen-bond donors (Lipinski definition) is 4. The molecule has 1 aliphatic rings. The Morgan fingerprint density at radius 3 is 2.58 bits per heavy atom. The average Bonchev–Trinajstić information content (AvgIpc) is 2.88. The van der Waals surface area contributed by atoms with Gasteiger partial charge in [-0.1, -0.05) is 12.1 Å². The summed E-state index contributed by atoms with van der Waals surface area (Å²) in [5.74, 6) is -2.85. The molecular formula is C26H27FN4O7. The maximum absolute atomic E-state index is 13.5. The van der Waals surface area contributed by atoms with Crippen LogP contribution in [0.5, 0.6) is 11.5 Å². The van der Waals surface area contributed by atoms with Gasteiger partial charge in [0, 0.05) is 31.8 Å². The summed E-state index contributed by atoms with van der Waals surface area (Å²) in [4.78, 5) is 43.6. The first-order valence-electron chi connectivity index (χ1n) is 11.7. The first-order chi connectivity index (χ1) is 18.1. The maximum atomic E-state index is 13.5. The Kier molecular flexibility index (Phi) is 7.46. The molecule has 3 heterocycles. The van der Waals surface area contributed by atoms with Gasteiger partial charge in [0.15, 0.2) is 11.5 Å². The molecule has 2 aromatic heterocycles. The topological polar surface area (TPSA) is 152 Å². The lowest BCUT2D eigenvalue weighted by Gasteiger charge is -2.26. The van der Waals surface area contributed by atoms with Gasteiger partial charge in [0.1, 0.15) is 22.4 Å². The average molecular weight is 527 g/mol. The van der Waals surface area contributed by atoms with Crippen molar-refractivity contribution in [3.05, 3.63) is 69.1 Å². The number of carbonyl (C=O) groups excluding carboxylic acids is 2. The van der Waals surface area contributed by atoms with E-state index < -0.39 is 40.0 Å². The Bertz CT molecular complexity index is 1500. The van der Waals surface area contributed by atoms with Gasteiger partial charge >= 0.3 is 0 Å². The third kappa shape index (κ3) is 5.22. The molecule has 4 N–H and O–H groups in total. The number of pyridine rings is 2. The molecule has 0 radical (unpaired) electrons. The molecule has 1 aromatic carbocycles. The van der Waals surface area contributed by atoms with E-state index in [-0.39, 0.29) is 48.7 Å². The predicted molar refractivity (Wildman–Crippen MR) is 135 cm³/mol. The molecule has 3 aromatic rings. The van der Waals surface area contributed by atoms with Gasteiger partial charge < -0.3 is 30.3 Å². The van der Waals surface area contributed by atoms with E-state index >= 15 is 0 Å². The number of ether oxygens (including phenoxy) is 2. The van der Waals surface area contributed by atoms with Crippen molar-refractivity contribution in [2.45, 2.75) is 25.8 Å². The highest BCUT2D eigenvalue weighted by Gasteiger charge is 2.32. The van der Waals surface area contributed by atoms with E-state index in [9.17, 15) is 29.0 Å². The van der Waals surface area contributed by atoms with Crippen LogP contribution in [0.2, 0.25) is 0 Å². The second-order valence-electron chi connectivity index (χ2n) is 9.35. The second kappa shape index (κ2) is 10.6. The van der Waals surface area contributed by atoms with Crippen LogP contribution >= 0.6 is 0 Å². The number of aromatic hydroxyl groups is 1. The molecule has 1 aliphatic heterocycles. The Morgan fingerprint density at radius 2 is 1.92 bits per heavy atom. The summed E-state index contributed by atoms with van der Waals surface area (Å²) < 4.78 is 25.3. The van der Waals surface area contributed by atoms with Gasteiger partial charge in [0.25, 0.3) is 17.4 Å². The van der Waals surface area contributed by atoms with Gasteiger partial charge in [-0.2, -0.15) is 0 Å². The van der Waals surface area contributed by atoms with E-state index in [1.807, 2.05) is 0 Å². The largest absolute Gasteiger partial charge is 0.505 e. The molecule has 0 aliphatic carbocycles. The number of nitrogens with one attached hydrogen (secondary N) is 2. The van der Waals surface area contributed by atoms with Gasteiger partial charge in [-0.25, -0.2) is 4.39 Å². The minimum absolute atomic E-state index is 0.0542. The second-order valence-corrected chi connectivity index (χ2v) is 9.35. The molecule has 4 rings (SSSR count). The zero-order valence-corrected chi connectivity index (χ0v) is 21.0. The van der Waals surface area contributed by atoms with Crippen LogP contribution in [-0.2, 0) is 16.0 Å². The molecule has 0 fully saturated rings. The number of nitrogens with zero attached hydrogens (tertiary/aromatic N) is 2. The number of methoxy groups -OCH3 is 1. The van der Waals surface area contributed by atoms with Crippen molar-refractivity contribution >= 4 is 29.0 Å². The fraction of sp³-hybridized carbons (Fsp3) is 0.308. The van der Waals surface area contributed by atoms with Gasteiger partial charge in [0.2, 0.25) is 5.76 Å². The number of carbonyl (C=O) groups is 2. The lowest BCUT2D eigenvalue weighted by atomic mass is 10.0. The van der Waals surface area contributed by atoms with E-state index in [1.54, 1.807) is 26.0 Å². The number of hydrogen-bond acceptors (Lipinski definition) is 8. The lowest BCUT2D eigenvalue weighted by molar-refractivity contribution is -0.121. The van der Waals surface area contributed by atoms with Crippen molar-refractivity contribution in [1.82, 2.24) is 20.2 Å². The van der Waals surface area contributed by atoms with Gasteiger partial charge in [-0.3, -0.25) is 23.9 Å². The van der Waals surface area contributed by atoms with E-state index in [2.05, 4.69) is 15.6 Å². The quantitative estimate of drug-likeness (QED) is 0.305. The minimum Gasteiger partial charge on any atom is -0.505 e. The van der Waals surface area contributed by atoms with Crippen LogP contribution < -0.4 is 20.9 Å². The number of aromatic nitrogens is 2. The molecule has 0 unspecified atom stereocenters. The highest BCUT2D eigenvalue weighted by atomic mass is 19.1. The Morgan fingerprint density at radius 1 is 1.21 bits per heavy atom. The minimum atomic E-state index is -1.00. The van der Waals surface area contributed by atoms with Crippen molar-refractivity contribution in [3.63, 3.8) is 0 Å². The van der Waals surface area contributed by atoms with Crippen LogP contribution in [0.25, 0.3) is 17.2 Å². The van der Waals surface area contributed by atoms with Crippen molar-refractivity contribution in [2.24, 2.45) is 0 Å². The summed E-state index contributed by atoms with van der Waals surface area (Å²) in [6.07, 6.45) is 2.69. The van der Waals surface area contributed by atoms with Gasteiger partial charge in [0.05, 0.1) is 25.0 Å². The van der Waals surface area contributed by atoms with Crippen molar-refractivity contribution in [2.75, 3.05) is 26.9 Å². The van der Waals surface area contributed by atoms with Crippen LogP contribution in [-0.4, -0.2) is 64.0 Å². The summed E-state index contributed by atoms with van der Waals surface area (Å²) in [5, 5.41) is 25.6. The normalized spacial score (nSPS) is 12.6. The van der Waals surface area contributed by atoms with Crippen molar-refractivity contribution in [1.29, 1.82) is 0 Å². The highest BCUT2D eigenvalue weighted by Crippen LogP contribution is 2.38. The maximum Gasteiger partial charge on any atom is 0.289 e. The molecule has 0 atom stereocenters. The number of aliphatic hydroxyl groups is 1. The summed E-state index contributed by atoms with van der Waals surface area (Å²) >= 11 is 0. The van der Waals surface area contributed by atoms with E-state index in [1.165, 1.54) is 25.4 Å². The number of amides is 2. The lowest BCUT2D eigenvalue weighted by Crippen LogP contribution is -2.47. The number of aliphatic hydroxyl groups excluding tert-OH is 1. The van der Waals surface area contributed by atoms with Crippen LogP contribution in [0.1, 0.15) is 35.3 Å². The number of benzene rings is 1. The Hall–Kier alpha value is -4.29. The summed E-state index contributed by atoms with van der Waals surface area (Å²) in [6, 6.07) is 5.73. The highest BCUT2D eigenvalue weighted by molar-refractivity contribution is 6.05. The number of halogens is 1. The predicted octanol–water partition coefficient (Wildman–Crippen LogP) is 1.29. The van der Waals surface area contributed by atoms with Crippen LogP contribution in [0.15, 0.2) is 41.0 Å². The summed E-state index contributed by atoms with van der Waals surface area (Å²) in [7, 11) is 1.45. The molecule has 0 spiro atoms. The third-order valence-corrected chi connectivity index (χ3v) is 5.87. The van der Waals surface area contributed by atoms with Gasteiger partial charge in [-0.05, 0) is 31.5 Å². The molecule has 2 amide bonds. The van der Waals surface area contributed by atoms with Crippen LogP contribution in [0.3, 0.4) is 0 Å². The third-order valence-electron chi connectivity index (χ3n) is 5.87. The summed E-state index contributed by atoms with van der Waals surface area (Å²) in [5.41, 5.74) is -1.37. The fourth-order valence-electron chi connectivity index (χ4n) is 3.87. The van der Waals surface area contributed by atoms with Crippen LogP contribution in [0, 0.1) is 5.82 Å². The zero-order valence-electron chi connectivity index (χ0n) is 21.0. The molecule has 0 saturated carbocycles. The van der Waals surface area contributed by atoms with Crippen molar-refractivity contribution in [3.8, 4) is 11.5 Å². The zero-order chi connectivity index (χ0) is 27.6. The molecule has 12 heteroatoms. The Balaban J connectivity index is 1.89. The van der Waals surface area contributed by atoms with Crippen molar-refractivity contribution < 1.29 is 33.7 Å². The molecule has 200 valence electrons. The van der Waals surface area contributed by atoms with E-state index in [0.717, 1.165) is 10.8 Å². The summed E-state index contributed by atoms with van der Waals surface area (Å²) in [6.45, 7) is 3.10. The SMILES string of the molecule is COCCNC(=O)c1c(O)c2ncc(Cc3ccc(F)cc3)c3c2n(c1=O)C=C(C(=O)NC(C)(C)CO)O3. The Labute approximate surface area is 216 Å². The molecule has 38 heavy (non-hydrogen) atoms. The molecule has 11 nitrogen and oxygen atoms in total. The first-order valence-corrected chi connectivity index (χ1v) is 11.7. The molecule has 0 saturated heterocycles. The van der Waals surface area contributed by atoms with E-state index in [4.69, 9.17) is 9.47 Å². The molecule has 0 bridgehead atoms. The van der Waals surface area contributed by atoms with Gasteiger partial charge in [-0.15, -0.1) is 0 Å². The van der Waals surface area contributed by atoms with Crippen LogP contribution in [0.4, 0.5) is 4.39 Å². The number of rotatable bonds is 9. The van der Waals surface area contributed by atoms with E-state index in [0.29, 0.717) is 11.1 Å². The first kappa shape index (κ1) is 26.8. The molecular weight excluding hydrogens is 499 g/mol. The fourth-order valence-corrected chi connectivity index (χ4v) is 3.87.